The molecule has 0 unspecified atom stereocenters. The van der Waals surface area contributed by atoms with Gasteiger partial charge in [-0.25, -0.2) is 4.98 Å². The highest BCUT2D eigenvalue weighted by atomic mass is 16.1. The summed E-state index contributed by atoms with van der Waals surface area (Å²) in [6.45, 7) is 5.95. The summed E-state index contributed by atoms with van der Waals surface area (Å²) in [5.41, 5.74) is 6.49. The third-order valence-electron chi connectivity index (χ3n) is 8.44. The van der Waals surface area contributed by atoms with E-state index in [0.717, 1.165) is 102 Å². The molecule has 2 aliphatic heterocycles. The normalized spacial score (nSPS) is 17.0. The zero-order chi connectivity index (χ0) is 27.8. The summed E-state index contributed by atoms with van der Waals surface area (Å²) in [5.74, 6) is 1.50. The maximum Gasteiger partial charge on any atom is 0.224 e. The minimum atomic E-state index is 0.0488. The van der Waals surface area contributed by atoms with Gasteiger partial charge in [-0.2, -0.15) is 5.10 Å². The van der Waals surface area contributed by atoms with Crippen molar-refractivity contribution in [2.75, 3.05) is 56.5 Å². The fraction of sp³-hybridized carbons (Fsp3) is 0.355. The fourth-order valence-electron chi connectivity index (χ4n) is 6.06. The number of nitrogens with zero attached hydrogens (tertiary/aromatic N) is 5. The summed E-state index contributed by atoms with van der Waals surface area (Å²) >= 11 is 0. The molecule has 6 heterocycles. The van der Waals surface area contributed by atoms with E-state index >= 15 is 0 Å². The van der Waals surface area contributed by atoms with Gasteiger partial charge in [-0.3, -0.25) is 14.9 Å². The number of hydrogen-bond donors (Lipinski definition) is 4. The van der Waals surface area contributed by atoms with Crippen LogP contribution in [0.5, 0.6) is 0 Å². The van der Waals surface area contributed by atoms with E-state index in [0.29, 0.717) is 18.0 Å². The number of aromatic nitrogens is 5. The van der Waals surface area contributed by atoms with Crippen LogP contribution < -0.4 is 15.5 Å². The average molecular weight is 550 g/mol. The lowest BCUT2D eigenvalue weighted by molar-refractivity contribution is -0.117. The molecule has 0 bridgehead atoms. The molecule has 1 amide bonds. The number of nitrogens with one attached hydrogen (secondary N) is 4. The smallest absolute Gasteiger partial charge is 0.224 e. The van der Waals surface area contributed by atoms with E-state index in [4.69, 9.17) is 4.98 Å². The second-order valence-corrected chi connectivity index (χ2v) is 11.3. The van der Waals surface area contributed by atoms with E-state index in [-0.39, 0.29) is 5.91 Å². The summed E-state index contributed by atoms with van der Waals surface area (Å²) in [7, 11) is 2.16. The number of carbonyl (C=O) groups is 1. The maximum absolute atomic E-state index is 12.7. The van der Waals surface area contributed by atoms with Crippen molar-refractivity contribution in [3.05, 3.63) is 55.0 Å². The van der Waals surface area contributed by atoms with E-state index < -0.39 is 0 Å². The Kier molecular flexibility index (Phi) is 6.85. The molecular formula is C31H35N9O. The van der Waals surface area contributed by atoms with Crippen molar-refractivity contribution >= 4 is 39.2 Å². The average Bonchev–Trinajstić information content (AvgIpc) is 3.62. The molecular weight excluding hydrogens is 514 g/mol. The largest absolute Gasteiger partial charge is 0.353 e. The first-order valence-electron chi connectivity index (χ1n) is 14.5. The Morgan fingerprint density at radius 1 is 0.976 bits per heavy atom. The topological polar surface area (TPSA) is 118 Å². The Morgan fingerprint density at radius 3 is 2.68 bits per heavy atom. The first kappa shape index (κ1) is 25.7. The third-order valence-corrected chi connectivity index (χ3v) is 8.44. The van der Waals surface area contributed by atoms with Crippen LogP contribution >= 0.6 is 0 Å². The molecule has 0 spiro atoms. The van der Waals surface area contributed by atoms with E-state index in [1.807, 2.05) is 30.6 Å². The molecule has 2 aliphatic rings. The Balaban J connectivity index is 1.16. The fourth-order valence-corrected chi connectivity index (χ4v) is 6.06. The number of H-pyrrole nitrogens is 2. The van der Waals surface area contributed by atoms with E-state index in [1.54, 1.807) is 6.20 Å². The number of likely N-dealkylation sites (N-methyl/N-ethyl adjacent to an activating group) is 1. The number of fused-ring (bicyclic) bond motifs is 2. The number of pyridine rings is 2. The Hall–Kier alpha value is -4.28. The number of aromatic amines is 2. The first-order chi connectivity index (χ1) is 20.1. The van der Waals surface area contributed by atoms with Crippen molar-refractivity contribution < 1.29 is 4.79 Å². The van der Waals surface area contributed by atoms with Crippen LogP contribution in [-0.4, -0.2) is 82.3 Å². The van der Waals surface area contributed by atoms with Crippen LogP contribution in [0, 0.1) is 5.92 Å². The van der Waals surface area contributed by atoms with Crippen molar-refractivity contribution in [1.82, 2.24) is 35.4 Å². The molecule has 41 heavy (non-hydrogen) atoms. The molecule has 210 valence electrons. The highest BCUT2D eigenvalue weighted by Crippen LogP contribution is 2.34. The van der Waals surface area contributed by atoms with Crippen LogP contribution in [0.1, 0.15) is 19.3 Å². The van der Waals surface area contributed by atoms with E-state index in [2.05, 4.69) is 65.8 Å². The molecule has 4 N–H and O–H groups in total. The van der Waals surface area contributed by atoms with Crippen molar-refractivity contribution in [1.29, 1.82) is 0 Å². The van der Waals surface area contributed by atoms with Crippen LogP contribution in [0.25, 0.3) is 44.3 Å². The van der Waals surface area contributed by atoms with Crippen molar-refractivity contribution in [2.24, 2.45) is 5.92 Å². The predicted octanol–water partition coefficient (Wildman–Crippen LogP) is 4.25. The summed E-state index contributed by atoms with van der Waals surface area (Å²) in [4.78, 5) is 30.2. The molecule has 2 fully saturated rings. The molecule has 0 radical (unpaired) electrons. The zero-order valence-electron chi connectivity index (χ0n) is 23.3. The standard InChI is InChI=1S/C31H35N9O/c1-39-10-12-40(13-11-39)31-25-17-28(36-26(25)6-9-34-31)30-24-16-21(2-3-27(24)37-38-30)22-15-23(19-33-18-22)35-29(41)14-20-4-7-32-8-5-20/h2-3,6,9,15-20,32,36H,4-5,7-8,10-14H2,1H3,(H,35,41)(H,37,38). The molecule has 5 aromatic rings. The van der Waals surface area contributed by atoms with Gasteiger partial charge in [-0.15, -0.1) is 0 Å². The third kappa shape index (κ3) is 5.28. The van der Waals surface area contributed by atoms with Gasteiger partial charge < -0.3 is 25.4 Å². The number of hydrogen-bond acceptors (Lipinski definition) is 7. The number of carbonyl (C=O) groups excluding carboxylic acids is 1. The first-order valence-corrected chi connectivity index (χ1v) is 14.5. The summed E-state index contributed by atoms with van der Waals surface area (Å²) in [5, 5.41) is 16.4. The van der Waals surface area contributed by atoms with Crippen LogP contribution in [0.15, 0.2) is 55.0 Å². The van der Waals surface area contributed by atoms with E-state index in [1.165, 1.54) is 0 Å². The lowest BCUT2D eigenvalue weighted by Crippen LogP contribution is -2.44. The summed E-state index contributed by atoms with van der Waals surface area (Å²) < 4.78 is 0. The number of anilines is 2. The number of rotatable bonds is 6. The van der Waals surface area contributed by atoms with Crippen molar-refractivity contribution in [2.45, 2.75) is 19.3 Å². The van der Waals surface area contributed by atoms with Gasteiger partial charge in [0.1, 0.15) is 11.5 Å². The monoisotopic (exact) mass is 549 g/mol. The predicted molar refractivity (Wildman–Crippen MR) is 163 cm³/mol. The van der Waals surface area contributed by atoms with Gasteiger partial charge in [-0.1, -0.05) is 6.07 Å². The van der Waals surface area contributed by atoms with E-state index in [9.17, 15) is 4.79 Å². The van der Waals surface area contributed by atoms with Crippen LogP contribution in [0.4, 0.5) is 11.5 Å². The minimum absolute atomic E-state index is 0.0488. The van der Waals surface area contributed by atoms with Gasteiger partial charge in [0.25, 0.3) is 0 Å². The number of amides is 1. The van der Waals surface area contributed by atoms with Crippen LogP contribution in [-0.2, 0) is 4.79 Å². The summed E-state index contributed by atoms with van der Waals surface area (Å²) in [6.07, 6.45) is 8.06. The molecule has 0 atom stereocenters. The maximum atomic E-state index is 12.7. The van der Waals surface area contributed by atoms with Crippen LogP contribution in [0.3, 0.4) is 0 Å². The molecule has 0 aliphatic carbocycles. The quantitative estimate of drug-likeness (QED) is 0.250. The second-order valence-electron chi connectivity index (χ2n) is 11.3. The molecule has 4 aromatic heterocycles. The highest BCUT2D eigenvalue weighted by molar-refractivity contribution is 6.00. The minimum Gasteiger partial charge on any atom is -0.353 e. The van der Waals surface area contributed by atoms with Gasteiger partial charge in [0.05, 0.1) is 28.6 Å². The van der Waals surface area contributed by atoms with Gasteiger partial charge in [0.15, 0.2) is 0 Å². The Labute approximate surface area is 238 Å². The lowest BCUT2D eigenvalue weighted by atomic mass is 9.94. The zero-order valence-corrected chi connectivity index (χ0v) is 23.3. The molecule has 1 aromatic carbocycles. The molecule has 7 rings (SSSR count). The molecule has 0 saturated carbocycles. The van der Waals surface area contributed by atoms with Crippen molar-refractivity contribution in [3.8, 4) is 22.5 Å². The van der Waals surface area contributed by atoms with Gasteiger partial charge >= 0.3 is 0 Å². The van der Waals surface area contributed by atoms with Gasteiger partial charge in [0, 0.05) is 61.3 Å². The summed E-state index contributed by atoms with van der Waals surface area (Å²) in [6, 6.07) is 12.4. The van der Waals surface area contributed by atoms with Gasteiger partial charge in [0.2, 0.25) is 5.91 Å². The SMILES string of the molecule is CN1CCN(c2nccc3[nH]c(-c4n[nH]c5ccc(-c6cncc(NC(=O)CC7CCNCC7)c6)cc45)cc23)CC1. The van der Waals surface area contributed by atoms with Crippen molar-refractivity contribution in [3.63, 3.8) is 0 Å². The van der Waals surface area contributed by atoms with Gasteiger partial charge in [-0.05, 0) is 74.8 Å². The Morgan fingerprint density at radius 2 is 1.83 bits per heavy atom. The second kappa shape index (κ2) is 10.9. The number of piperidine rings is 1. The molecule has 10 nitrogen and oxygen atoms in total. The number of piperazine rings is 1. The lowest BCUT2D eigenvalue weighted by Gasteiger charge is -2.33. The number of benzene rings is 1. The molecule has 10 heteroatoms. The van der Waals surface area contributed by atoms with Crippen LogP contribution in [0.2, 0.25) is 0 Å². The highest BCUT2D eigenvalue weighted by Gasteiger charge is 2.20. The molecule has 2 saturated heterocycles. The Bertz CT molecular complexity index is 1690.